The SMILES string of the molecule is Cl.NCc1cccc(I)c1Cl. The Balaban J connectivity index is 0.000001000. The van der Waals surface area contributed by atoms with Crippen molar-refractivity contribution < 1.29 is 0 Å². The average molecular weight is 304 g/mol. The molecule has 4 heteroatoms. The first-order valence-corrected chi connectivity index (χ1v) is 4.34. The van der Waals surface area contributed by atoms with E-state index >= 15 is 0 Å². The van der Waals surface area contributed by atoms with E-state index in [2.05, 4.69) is 22.6 Å². The van der Waals surface area contributed by atoms with E-state index in [0.29, 0.717) is 6.54 Å². The predicted molar refractivity (Wildman–Crippen MR) is 59.3 cm³/mol. The Morgan fingerprint density at radius 3 is 2.55 bits per heavy atom. The van der Waals surface area contributed by atoms with Gasteiger partial charge in [-0.25, -0.2) is 0 Å². The molecule has 0 atom stereocenters. The summed E-state index contributed by atoms with van der Waals surface area (Å²) in [6.45, 7) is 0.510. The van der Waals surface area contributed by atoms with Gasteiger partial charge in [-0.15, -0.1) is 12.4 Å². The highest BCUT2D eigenvalue weighted by molar-refractivity contribution is 14.1. The van der Waals surface area contributed by atoms with Crippen molar-refractivity contribution in [3.63, 3.8) is 0 Å². The monoisotopic (exact) mass is 303 g/mol. The summed E-state index contributed by atoms with van der Waals surface area (Å²) in [5.74, 6) is 0. The summed E-state index contributed by atoms with van der Waals surface area (Å²) in [7, 11) is 0. The molecule has 11 heavy (non-hydrogen) atoms. The van der Waals surface area contributed by atoms with Gasteiger partial charge in [0.2, 0.25) is 0 Å². The van der Waals surface area contributed by atoms with E-state index in [1.807, 2.05) is 18.2 Å². The molecule has 0 amide bonds. The third kappa shape index (κ3) is 2.78. The Morgan fingerprint density at radius 2 is 2.09 bits per heavy atom. The molecule has 0 aliphatic rings. The lowest BCUT2D eigenvalue weighted by molar-refractivity contribution is 1.07. The molecule has 0 heterocycles. The Labute approximate surface area is 90.9 Å². The smallest absolute Gasteiger partial charge is 0.0584 e. The van der Waals surface area contributed by atoms with Crippen LogP contribution in [0.1, 0.15) is 5.56 Å². The zero-order valence-corrected chi connectivity index (χ0v) is 9.41. The first-order chi connectivity index (χ1) is 4.75. The van der Waals surface area contributed by atoms with E-state index in [4.69, 9.17) is 17.3 Å². The van der Waals surface area contributed by atoms with E-state index in [9.17, 15) is 0 Å². The lowest BCUT2D eigenvalue weighted by Crippen LogP contribution is -1.97. The quantitative estimate of drug-likeness (QED) is 0.793. The molecule has 62 valence electrons. The van der Waals surface area contributed by atoms with E-state index in [-0.39, 0.29) is 12.4 Å². The third-order valence-electron chi connectivity index (χ3n) is 1.25. The van der Waals surface area contributed by atoms with Gasteiger partial charge in [0.25, 0.3) is 0 Å². The maximum Gasteiger partial charge on any atom is 0.0584 e. The maximum atomic E-state index is 5.91. The molecule has 0 aliphatic heterocycles. The summed E-state index contributed by atoms with van der Waals surface area (Å²) in [6, 6.07) is 5.85. The van der Waals surface area contributed by atoms with Crippen LogP contribution in [0.15, 0.2) is 18.2 Å². The van der Waals surface area contributed by atoms with E-state index in [1.165, 1.54) is 0 Å². The lowest BCUT2D eigenvalue weighted by atomic mass is 10.2. The number of hydrogen-bond donors (Lipinski definition) is 1. The normalized spacial score (nSPS) is 9.00. The molecule has 0 aliphatic carbocycles. The molecule has 0 unspecified atom stereocenters. The first-order valence-electron chi connectivity index (χ1n) is 2.88. The van der Waals surface area contributed by atoms with Gasteiger partial charge in [-0.3, -0.25) is 0 Å². The molecule has 1 aromatic carbocycles. The molecule has 1 nitrogen and oxygen atoms in total. The second kappa shape index (κ2) is 5.19. The molecule has 1 aromatic rings. The molecule has 0 saturated heterocycles. The summed E-state index contributed by atoms with van der Waals surface area (Å²) in [6.07, 6.45) is 0. The predicted octanol–water partition coefficient (Wildman–Crippen LogP) is 2.83. The van der Waals surface area contributed by atoms with Crippen LogP contribution in [0, 0.1) is 3.57 Å². The van der Waals surface area contributed by atoms with Crippen LogP contribution >= 0.6 is 46.6 Å². The van der Waals surface area contributed by atoms with Crippen molar-refractivity contribution in [1.29, 1.82) is 0 Å². The molecule has 0 radical (unpaired) electrons. The van der Waals surface area contributed by atoms with Crippen LogP contribution in [0.25, 0.3) is 0 Å². The highest BCUT2D eigenvalue weighted by Gasteiger charge is 1.99. The summed E-state index contributed by atoms with van der Waals surface area (Å²) in [5.41, 5.74) is 6.44. The van der Waals surface area contributed by atoms with Gasteiger partial charge in [0, 0.05) is 10.1 Å². The molecule has 0 spiro atoms. The standard InChI is InChI=1S/C7H7ClIN.ClH/c8-7-5(4-10)2-1-3-6(7)9;/h1-3H,4,10H2;1H. The molecular formula is C7H8Cl2IN. The third-order valence-corrected chi connectivity index (χ3v) is 2.92. The van der Waals surface area contributed by atoms with E-state index < -0.39 is 0 Å². The highest BCUT2D eigenvalue weighted by Crippen LogP contribution is 2.21. The second-order valence-corrected chi connectivity index (χ2v) is 3.46. The summed E-state index contributed by atoms with van der Waals surface area (Å²) in [5, 5.41) is 0.783. The van der Waals surface area contributed by atoms with Crippen molar-refractivity contribution in [2.24, 2.45) is 5.73 Å². The molecule has 0 bridgehead atoms. The fraction of sp³-hybridized carbons (Fsp3) is 0.143. The molecule has 2 N–H and O–H groups in total. The molecule has 1 rings (SSSR count). The average Bonchev–Trinajstić information content (AvgIpc) is 1.95. The number of benzene rings is 1. The molecule has 0 fully saturated rings. The Morgan fingerprint density at radius 1 is 1.45 bits per heavy atom. The Hall–Kier alpha value is 0.490. The topological polar surface area (TPSA) is 26.0 Å². The van der Waals surface area contributed by atoms with Crippen molar-refractivity contribution in [2.75, 3.05) is 0 Å². The minimum absolute atomic E-state index is 0. The molecular weight excluding hydrogens is 296 g/mol. The van der Waals surface area contributed by atoms with Gasteiger partial charge >= 0.3 is 0 Å². The number of halogens is 3. The van der Waals surface area contributed by atoms with Gasteiger partial charge in [-0.2, -0.15) is 0 Å². The van der Waals surface area contributed by atoms with E-state index in [1.54, 1.807) is 0 Å². The van der Waals surface area contributed by atoms with Gasteiger partial charge in [0.05, 0.1) is 5.02 Å². The van der Waals surface area contributed by atoms with Crippen LogP contribution in [0.5, 0.6) is 0 Å². The maximum absolute atomic E-state index is 5.91. The van der Waals surface area contributed by atoms with Crippen LogP contribution < -0.4 is 5.73 Å². The van der Waals surface area contributed by atoms with Crippen LogP contribution in [-0.4, -0.2) is 0 Å². The van der Waals surface area contributed by atoms with Crippen LogP contribution in [0.4, 0.5) is 0 Å². The van der Waals surface area contributed by atoms with Gasteiger partial charge < -0.3 is 5.73 Å². The number of nitrogens with two attached hydrogens (primary N) is 1. The number of rotatable bonds is 1. The zero-order valence-electron chi connectivity index (χ0n) is 5.68. The van der Waals surface area contributed by atoms with Crippen LogP contribution in [-0.2, 0) is 6.54 Å². The first kappa shape index (κ1) is 11.5. The van der Waals surface area contributed by atoms with Crippen molar-refractivity contribution >= 4 is 46.6 Å². The van der Waals surface area contributed by atoms with Crippen LogP contribution in [0.3, 0.4) is 0 Å². The summed E-state index contributed by atoms with van der Waals surface area (Å²) in [4.78, 5) is 0. The van der Waals surface area contributed by atoms with Crippen molar-refractivity contribution in [1.82, 2.24) is 0 Å². The molecule has 0 saturated carbocycles. The zero-order chi connectivity index (χ0) is 7.56. The lowest BCUT2D eigenvalue weighted by Gasteiger charge is -2.00. The molecule has 0 aromatic heterocycles. The second-order valence-electron chi connectivity index (χ2n) is 1.92. The summed E-state index contributed by atoms with van der Waals surface area (Å²) >= 11 is 8.09. The van der Waals surface area contributed by atoms with E-state index in [0.717, 1.165) is 14.2 Å². The van der Waals surface area contributed by atoms with Gasteiger partial charge in [-0.1, -0.05) is 23.7 Å². The van der Waals surface area contributed by atoms with Crippen molar-refractivity contribution in [2.45, 2.75) is 6.54 Å². The van der Waals surface area contributed by atoms with Crippen molar-refractivity contribution in [3.05, 3.63) is 32.4 Å². The Kier molecular flexibility index (Phi) is 5.42. The fourth-order valence-electron chi connectivity index (χ4n) is 0.706. The van der Waals surface area contributed by atoms with Gasteiger partial charge in [0.1, 0.15) is 0 Å². The highest BCUT2D eigenvalue weighted by atomic mass is 127. The Bertz CT molecular complexity index is 240. The minimum atomic E-state index is 0. The van der Waals surface area contributed by atoms with Gasteiger partial charge in [0.15, 0.2) is 0 Å². The fourth-order valence-corrected chi connectivity index (χ4v) is 1.46. The largest absolute Gasteiger partial charge is 0.326 e. The number of hydrogen-bond acceptors (Lipinski definition) is 1. The minimum Gasteiger partial charge on any atom is -0.326 e. The summed E-state index contributed by atoms with van der Waals surface area (Å²) < 4.78 is 1.06. The van der Waals surface area contributed by atoms with Crippen molar-refractivity contribution in [3.8, 4) is 0 Å². The van der Waals surface area contributed by atoms with Gasteiger partial charge in [-0.05, 0) is 34.2 Å². The van der Waals surface area contributed by atoms with Crippen LogP contribution in [0.2, 0.25) is 5.02 Å².